The third kappa shape index (κ3) is 5.42. The number of carbonyl (C=O) groups excluding carboxylic acids is 2. The molecule has 0 radical (unpaired) electrons. The molecular weight excluding hydrogens is 320 g/mol. The molecule has 1 saturated heterocycles. The van der Waals surface area contributed by atoms with Crippen molar-refractivity contribution in [2.45, 2.75) is 45.8 Å². The topological polar surface area (TPSA) is 85.8 Å². The summed E-state index contributed by atoms with van der Waals surface area (Å²) in [4.78, 5) is 32.1. The molecule has 25 heavy (non-hydrogen) atoms. The first-order valence-corrected chi connectivity index (χ1v) is 8.98. The minimum Gasteiger partial charge on any atom is -0.383 e. The quantitative estimate of drug-likeness (QED) is 0.765. The SMILES string of the molecule is CCN(CC)c1ccc(CNC(=O)CN2CCCCC(O)C2=O)cn1. The van der Waals surface area contributed by atoms with Crippen molar-refractivity contribution in [1.82, 2.24) is 15.2 Å². The van der Waals surface area contributed by atoms with E-state index in [-0.39, 0.29) is 18.4 Å². The average molecular weight is 348 g/mol. The number of aliphatic hydroxyl groups excluding tert-OH is 1. The summed E-state index contributed by atoms with van der Waals surface area (Å²) in [6.07, 6.45) is 2.87. The maximum atomic E-state index is 12.1. The molecule has 1 aromatic heterocycles. The van der Waals surface area contributed by atoms with E-state index in [0.717, 1.165) is 37.3 Å². The number of carbonyl (C=O) groups is 2. The summed E-state index contributed by atoms with van der Waals surface area (Å²) < 4.78 is 0. The van der Waals surface area contributed by atoms with Crippen LogP contribution in [0.2, 0.25) is 0 Å². The van der Waals surface area contributed by atoms with Gasteiger partial charge in [-0.25, -0.2) is 4.98 Å². The second kappa shape index (κ2) is 9.36. The zero-order valence-electron chi connectivity index (χ0n) is 15.1. The van der Waals surface area contributed by atoms with Crippen LogP contribution in [0.1, 0.15) is 38.7 Å². The normalized spacial score (nSPS) is 18.0. The van der Waals surface area contributed by atoms with Gasteiger partial charge >= 0.3 is 0 Å². The molecule has 2 amide bonds. The zero-order valence-corrected chi connectivity index (χ0v) is 15.1. The number of nitrogens with zero attached hydrogens (tertiary/aromatic N) is 3. The maximum Gasteiger partial charge on any atom is 0.251 e. The van der Waals surface area contributed by atoms with E-state index >= 15 is 0 Å². The van der Waals surface area contributed by atoms with Crippen LogP contribution in [0.3, 0.4) is 0 Å². The molecule has 1 fully saturated rings. The molecule has 0 bridgehead atoms. The van der Waals surface area contributed by atoms with Crippen LogP contribution in [0.5, 0.6) is 0 Å². The van der Waals surface area contributed by atoms with Crippen LogP contribution in [-0.2, 0) is 16.1 Å². The number of rotatable bonds is 7. The summed E-state index contributed by atoms with van der Waals surface area (Å²) in [6.45, 7) is 6.84. The largest absolute Gasteiger partial charge is 0.383 e. The van der Waals surface area contributed by atoms with E-state index in [9.17, 15) is 14.7 Å². The number of pyridine rings is 1. The van der Waals surface area contributed by atoms with E-state index in [2.05, 4.69) is 29.0 Å². The Labute approximate surface area is 149 Å². The van der Waals surface area contributed by atoms with E-state index in [1.807, 2.05) is 12.1 Å². The first-order chi connectivity index (χ1) is 12.0. The van der Waals surface area contributed by atoms with Crippen molar-refractivity contribution in [1.29, 1.82) is 0 Å². The van der Waals surface area contributed by atoms with Gasteiger partial charge in [0, 0.05) is 32.4 Å². The molecule has 0 saturated carbocycles. The van der Waals surface area contributed by atoms with E-state index in [4.69, 9.17) is 0 Å². The molecule has 1 aliphatic rings. The van der Waals surface area contributed by atoms with Crippen LogP contribution in [0, 0.1) is 0 Å². The Kier molecular flexibility index (Phi) is 7.18. The van der Waals surface area contributed by atoms with Crippen LogP contribution < -0.4 is 10.2 Å². The second-order valence-corrected chi connectivity index (χ2v) is 6.25. The Balaban J connectivity index is 1.84. The Morgan fingerprint density at radius 1 is 1.36 bits per heavy atom. The smallest absolute Gasteiger partial charge is 0.251 e. The van der Waals surface area contributed by atoms with Crippen LogP contribution >= 0.6 is 0 Å². The molecule has 2 N–H and O–H groups in total. The van der Waals surface area contributed by atoms with Gasteiger partial charge in [-0.1, -0.05) is 6.07 Å². The maximum absolute atomic E-state index is 12.1. The highest BCUT2D eigenvalue weighted by atomic mass is 16.3. The Hall–Kier alpha value is -2.15. The Morgan fingerprint density at radius 2 is 2.12 bits per heavy atom. The fourth-order valence-electron chi connectivity index (χ4n) is 2.93. The average Bonchev–Trinajstić information content (AvgIpc) is 2.78. The molecule has 138 valence electrons. The molecule has 2 rings (SSSR count). The standard InChI is InChI=1S/C18H28N4O3/c1-3-21(4-2)16-9-8-14(11-19-16)12-20-17(24)13-22-10-6-5-7-15(23)18(22)25/h8-9,11,15,23H,3-7,10,12-13H2,1-2H3,(H,20,24). The molecule has 1 aromatic rings. The highest BCUT2D eigenvalue weighted by Gasteiger charge is 2.26. The van der Waals surface area contributed by atoms with Gasteiger partial charge in [-0.05, 0) is 44.7 Å². The van der Waals surface area contributed by atoms with E-state index in [1.54, 1.807) is 6.20 Å². The van der Waals surface area contributed by atoms with Crippen LogP contribution in [0.4, 0.5) is 5.82 Å². The monoisotopic (exact) mass is 348 g/mol. The summed E-state index contributed by atoms with van der Waals surface area (Å²) in [6, 6.07) is 3.89. The Bertz CT molecular complexity index is 572. The molecule has 0 spiro atoms. The third-order valence-corrected chi connectivity index (χ3v) is 4.47. The van der Waals surface area contributed by atoms with Crippen molar-refractivity contribution in [3.63, 3.8) is 0 Å². The molecule has 1 aliphatic heterocycles. The molecular formula is C18H28N4O3. The zero-order chi connectivity index (χ0) is 18.2. The van der Waals surface area contributed by atoms with Gasteiger partial charge < -0.3 is 20.2 Å². The van der Waals surface area contributed by atoms with E-state index in [0.29, 0.717) is 19.5 Å². The lowest BCUT2D eigenvalue weighted by Gasteiger charge is -2.21. The van der Waals surface area contributed by atoms with Gasteiger partial charge in [0.2, 0.25) is 5.91 Å². The minimum absolute atomic E-state index is 0.0130. The summed E-state index contributed by atoms with van der Waals surface area (Å²) in [5, 5.41) is 12.5. The molecule has 1 unspecified atom stereocenters. The van der Waals surface area contributed by atoms with Crippen molar-refractivity contribution in [3.8, 4) is 0 Å². The van der Waals surface area contributed by atoms with Crippen molar-refractivity contribution in [2.75, 3.05) is 31.1 Å². The van der Waals surface area contributed by atoms with Crippen molar-refractivity contribution in [3.05, 3.63) is 23.9 Å². The highest BCUT2D eigenvalue weighted by Crippen LogP contribution is 2.12. The van der Waals surface area contributed by atoms with Gasteiger partial charge in [0.05, 0.1) is 6.54 Å². The van der Waals surface area contributed by atoms with Crippen LogP contribution in [0.25, 0.3) is 0 Å². The number of hydrogen-bond acceptors (Lipinski definition) is 5. The molecule has 0 aliphatic carbocycles. The van der Waals surface area contributed by atoms with Gasteiger partial charge in [0.15, 0.2) is 0 Å². The van der Waals surface area contributed by atoms with Crippen molar-refractivity contribution < 1.29 is 14.7 Å². The lowest BCUT2D eigenvalue weighted by atomic mass is 10.2. The number of aromatic nitrogens is 1. The number of hydrogen-bond donors (Lipinski definition) is 2. The molecule has 7 nitrogen and oxygen atoms in total. The number of amides is 2. The van der Waals surface area contributed by atoms with Crippen molar-refractivity contribution in [2.24, 2.45) is 0 Å². The molecule has 1 atom stereocenters. The summed E-state index contributed by atoms with van der Waals surface area (Å²) >= 11 is 0. The predicted molar refractivity (Wildman–Crippen MR) is 96.1 cm³/mol. The number of anilines is 1. The predicted octanol–water partition coefficient (Wildman–Crippen LogP) is 0.917. The summed E-state index contributed by atoms with van der Waals surface area (Å²) in [5.41, 5.74) is 0.909. The van der Waals surface area contributed by atoms with Crippen LogP contribution in [0.15, 0.2) is 18.3 Å². The number of nitrogens with one attached hydrogen (secondary N) is 1. The highest BCUT2D eigenvalue weighted by molar-refractivity contribution is 5.87. The first kappa shape index (κ1) is 19.2. The third-order valence-electron chi connectivity index (χ3n) is 4.47. The summed E-state index contributed by atoms with van der Waals surface area (Å²) in [7, 11) is 0. The lowest BCUT2D eigenvalue weighted by Crippen LogP contribution is -2.44. The van der Waals surface area contributed by atoms with Gasteiger partial charge in [-0.2, -0.15) is 0 Å². The number of aliphatic hydroxyl groups is 1. The van der Waals surface area contributed by atoms with Crippen molar-refractivity contribution >= 4 is 17.6 Å². The molecule has 2 heterocycles. The molecule has 7 heteroatoms. The number of likely N-dealkylation sites (tertiary alicyclic amines) is 1. The van der Waals surface area contributed by atoms with Gasteiger partial charge in [0.1, 0.15) is 11.9 Å². The van der Waals surface area contributed by atoms with E-state index in [1.165, 1.54) is 4.90 Å². The van der Waals surface area contributed by atoms with Gasteiger partial charge in [0.25, 0.3) is 5.91 Å². The molecule has 0 aromatic carbocycles. The lowest BCUT2D eigenvalue weighted by molar-refractivity contribution is -0.142. The second-order valence-electron chi connectivity index (χ2n) is 6.25. The fourth-order valence-corrected chi connectivity index (χ4v) is 2.93. The van der Waals surface area contributed by atoms with Gasteiger partial charge in [-0.3, -0.25) is 9.59 Å². The minimum atomic E-state index is -0.980. The Morgan fingerprint density at radius 3 is 2.76 bits per heavy atom. The van der Waals surface area contributed by atoms with Gasteiger partial charge in [-0.15, -0.1) is 0 Å². The van der Waals surface area contributed by atoms with E-state index < -0.39 is 6.10 Å². The van der Waals surface area contributed by atoms with Crippen LogP contribution in [-0.4, -0.2) is 59.1 Å². The fraction of sp³-hybridized carbons (Fsp3) is 0.611. The first-order valence-electron chi connectivity index (χ1n) is 8.98. The summed E-state index contributed by atoms with van der Waals surface area (Å²) in [5.74, 6) is 0.345.